The van der Waals surface area contributed by atoms with Crippen LogP contribution in [-0.4, -0.2) is 29.1 Å². The number of anilines is 2. The van der Waals surface area contributed by atoms with Gasteiger partial charge >= 0.3 is 5.97 Å². The minimum Gasteiger partial charge on any atom is -0.461 e. The maximum Gasteiger partial charge on any atom is 0.360 e. The number of nitrogens with zero attached hydrogens (tertiary/aromatic N) is 2. The van der Waals surface area contributed by atoms with Gasteiger partial charge in [0.25, 0.3) is 0 Å². The summed E-state index contributed by atoms with van der Waals surface area (Å²) in [5.41, 5.74) is 9.69. The Labute approximate surface area is 137 Å². The molecule has 2 rings (SSSR count). The minimum atomic E-state index is -0.566. The molecule has 1 aromatic heterocycles. The number of rotatable bonds is 6. The van der Waals surface area contributed by atoms with Crippen molar-refractivity contribution in [1.82, 2.24) is 4.98 Å². The molecule has 120 valence electrons. The predicted octanol–water partition coefficient (Wildman–Crippen LogP) is 2.31. The summed E-state index contributed by atoms with van der Waals surface area (Å²) in [5.74, 6) is -0.587. The molecule has 2 aromatic rings. The number of nitrogen functional groups attached to an aromatic ring is 1. The lowest BCUT2D eigenvalue weighted by molar-refractivity contribution is -0.134. The Morgan fingerprint density at radius 1 is 1.35 bits per heavy atom. The number of carbonyl (C=O) groups is 2. The first-order valence-electron chi connectivity index (χ1n) is 6.84. The van der Waals surface area contributed by atoms with Crippen LogP contribution in [0.4, 0.5) is 10.8 Å². The standard InChI is InChI=1S/C15H16N4O3S/c1-3-22-14(21)13(12-8-17-15(16)23-12)19-18-11-6-4-10(5-7-11)9(2)20/h4-8,18H,3H2,1-2H3,(H2,16,17)/b19-13-. The van der Waals surface area contributed by atoms with Crippen LogP contribution in [-0.2, 0) is 9.53 Å². The van der Waals surface area contributed by atoms with E-state index in [2.05, 4.69) is 15.5 Å². The van der Waals surface area contributed by atoms with E-state index in [1.54, 1.807) is 31.2 Å². The van der Waals surface area contributed by atoms with Crippen molar-refractivity contribution in [2.45, 2.75) is 13.8 Å². The van der Waals surface area contributed by atoms with Crippen LogP contribution < -0.4 is 11.2 Å². The second-order valence-corrected chi connectivity index (χ2v) is 5.55. The van der Waals surface area contributed by atoms with Crippen molar-refractivity contribution in [2.24, 2.45) is 5.10 Å². The number of carbonyl (C=O) groups excluding carboxylic acids is 2. The van der Waals surface area contributed by atoms with E-state index in [1.165, 1.54) is 13.1 Å². The Morgan fingerprint density at radius 2 is 2.04 bits per heavy atom. The fourth-order valence-corrected chi connectivity index (χ4v) is 2.36. The maximum atomic E-state index is 12.0. The number of hydrogen-bond donors (Lipinski definition) is 2. The molecule has 0 saturated carbocycles. The van der Waals surface area contributed by atoms with Crippen LogP contribution in [0.25, 0.3) is 0 Å². The van der Waals surface area contributed by atoms with Gasteiger partial charge in [-0.15, -0.1) is 0 Å². The molecule has 0 aliphatic heterocycles. The zero-order valence-electron chi connectivity index (χ0n) is 12.7. The van der Waals surface area contributed by atoms with Gasteiger partial charge in [-0.1, -0.05) is 11.3 Å². The van der Waals surface area contributed by atoms with E-state index in [1.807, 2.05) is 0 Å². The largest absolute Gasteiger partial charge is 0.461 e. The summed E-state index contributed by atoms with van der Waals surface area (Å²) in [5, 5.41) is 4.43. The Bertz CT molecular complexity index is 737. The quantitative estimate of drug-likeness (QED) is 0.364. The van der Waals surface area contributed by atoms with Crippen molar-refractivity contribution < 1.29 is 14.3 Å². The zero-order valence-corrected chi connectivity index (χ0v) is 13.5. The summed E-state index contributed by atoms with van der Waals surface area (Å²) in [6.07, 6.45) is 1.47. The van der Waals surface area contributed by atoms with E-state index >= 15 is 0 Å². The van der Waals surface area contributed by atoms with Gasteiger partial charge in [0.1, 0.15) is 0 Å². The topological polar surface area (TPSA) is 107 Å². The first-order chi connectivity index (χ1) is 11.0. The highest BCUT2D eigenvalue weighted by atomic mass is 32.1. The zero-order chi connectivity index (χ0) is 16.8. The molecule has 0 amide bonds. The molecule has 0 saturated heterocycles. The smallest absolute Gasteiger partial charge is 0.360 e. The number of hydrazone groups is 1. The molecule has 0 aliphatic carbocycles. The van der Waals surface area contributed by atoms with Gasteiger partial charge < -0.3 is 10.5 Å². The lowest BCUT2D eigenvalue weighted by Gasteiger charge is -2.05. The van der Waals surface area contributed by atoms with E-state index in [-0.39, 0.29) is 18.1 Å². The lowest BCUT2D eigenvalue weighted by Crippen LogP contribution is -2.19. The fourth-order valence-electron chi connectivity index (χ4n) is 1.70. The van der Waals surface area contributed by atoms with E-state index in [4.69, 9.17) is 10.5 Å². The Hall–Kier alpha value is -2.74. The summed E-state index contributed by atoms with van der Waals surface area (Å²) in [7, 11) is 0. The van der Waals surface area contributed by atoms with Gasteiger partial charge in [0.15, 0.2) is 16.6 Å². The SMILES string of the molecule is CCOC(=O)/C(=N\Nc1ccc(C(C)=O)cc1)c1cnc(N)s1. The van der Waals surface area contributed by atoms with Crippen molar-refractivity contribution in [3.05, 3.63) is 40.9 Å². The minimum absolute atomic E-state index is 0.0209. The summed E-state index contributed by atoms with van der Waals surface area (Å²) in [6, 6.07) is 6.75. The molecule has 0 spiro atoms. The summed E-state index contributed by atoms with van der Waals surface area (Å²) >= 11 is 1.14. The van der Waals surface area contributed by atoms with E-state index in [0.29, 0.717) is 21.3 Å². The number of hydrogen-bond acceptors (Lipinski definition) is 8. The van der Waals surface area contributed by atoms with Crippen molar-refractivity contribution in [1.29, 1.82) is 0 Å². The first kappa shape index (κ1) is 16.6. The number of nitrogens with one attached hydrogen (secondary N) is 1. The first-order valence-corrected chi connectivity index (χ1v) is 7.66. The lowest BCUT2D eigenvalue weighted by atomic mass is 10.1. The molecular formula is C15H16N4O3S. The predicted molar refractivity (Wildman–Crippen MR) is 89.8 cm³/mol. The van der Waals surface area contributed by atoms with Crippen LogP contribution in [0, 0.1) is 0 Å². The number of aromatic nitrogens is 1. The van der Waals surface area contributed by atoms with Gasteiger partial charge in [0.05, 0.1) is 17.2 Å². The average molecular weight is 332 g/mol. The van der Waals surface area contributed by atoms with Gasteiger partial charge in [-0.3, -0.25) is 10.2 Å². The maximum absolute atomic E-state index is 12.0. The number of benzene rings is 1. The second kappa shape index (κ2) is 7.50. The highest BCUT2D eigenvalue weighted by Gasteiger charge is 2.18. The molecule has 0 radical (unpaired) electrons. The molecule has 7 nitrogen and oxygen atoms in total. The van der Waals surface area contributed by atoms with Crippen LogP contribution in [0.2, 0.25) is 0 Å². The summed E-state index contributed by atoms with van der Waals surface area (Å²) in [4.78, 5) is 27.7. The molecule has 0 bridgehead atoms. The molecule has 0 unspecified atom stereocenters. The number of esters is 1. The number of Topliss-reactive ketones (excluding diaryl/α,β-unsaturated/α-hetero) is 1. The Kier molecular flexibility index (Phi) is 5.42. The third-order valence-corrected chi connectivity index (χ3v) is 3.65. The van der Waals surface area contributed by atoms with E-state index < -0.39 is 5.97 Å². The highest BCUT2D eigenvalue weighted by molar-refractivity contribution is 7.18. The molecule has 0 atom stereocenters. The van der Waals surface area contributed by atoms with E-state index in [9.17, 15) is 9.59 Å². The molecule has 3 N–H and O–H groups in total. The Balaban J connectivity index is 2.22. The molecule has 1 heterocycles. The van der Waals surface area contributed by atoms with Crippen molar-refractivity contribution >= 4 is 39.6 Å². The molecule has 8 heteroatoms. The van der Waals surface area contributed by atoms with Gasteiger partial charge in [-0.05, 0) is 38.1 Å². The van der Waals surface area contributed by atoms with Crippen LogP contribution in [0.15, 0.2) is 35.6 Å². The molecule has 23 heavy (non-hydrogen) atoms. The number of ketones is 1. The van der Waals surface area contributed by atoms with Crippen LogP contribution in [0.5, 0.6) is 0 Å². The van der Waals surface area contributed by atoms with Gasteiger partial charge in [-0.2, -0.15) is 5.10 Å². The number of nitrogens with two attached hydrogens (primary N) is 1. The van der Waals surface area contributed by atoms with Crippen molar-refractivity contribution in [3.63, 3.8) is 0 Å². The molecule has 1 aromatic carbocycles. The normalized spacial score (nSPS) is 11.1. The van der Waals surface area contributed by atoms with E-state index in [0.717, 1.165) is 11.3 Å². The second-order valence-electron chi connectivity index (χ2n) is 4.49. The fraction of sp³-hybridized carbons (Fsp3) is 0.200. The molecule has 0 aliphatic rings. The summed E-state index contributed by atoms with van der Waals surface area (Å²) in [6.45, 7) is 3.44. The van der Waals surface area contributed by atoms with Crippen molar-refractivity contribution in [3.8, 4) is 0 Å². The average Bonchev–Trinajstić information content (AvgIpc) is 2.94. The third kappa shape index (κ3) is 4.36. The van der Waals surface area contributed by atoms with Crippen LogP contribution in [0.3, 0.4) is 0 Å². The highest BCUT2D eigenvalue weighted by Crippen LogP contribution is 2.17. The monoisotopic (exact) mass is 332 g/mol. The molecule has 0 fully saturated rings. The van der Waals surface area contributed by atoms with Gasteiger partial charge in [-0.25, -0.2) is 9.78 Å². The van der Waals surface area contributed by atoms with Gasteiger partial charge in [0, 0.05) is 11.8 Å². The summed E-state index contributed by atoms with van der Waals surface area (Å²) < 4.78 is 4.99. The Morgan fingerprint density at radius 3 is 2.57 bits per heavy atom. The number of thiazole rings is 1. The van der Waals surface area contributed by atoms with Crippen LogP contribution >= 0.6 is 11.3 Å². The van der Waals surface area contributed by atoms with Gasteiger partial charge in [0.2, 0.25) is 0 Å². The molecular weight excluding hydrogens is 316 g/mol. The van der Waals surface area contributed by atoms with Crippen LogP contribution in [0.1, 0.15) is 29.1 Å². The number of ether oxygens (including phenoxy) is 1. The van der Waals surface area contributed by atoms with Crippen molar-refractivity contribution in [2.75, 3.05) is 17.8 Å². The third-order valence-electron chi connectivity index (χ3n) is 2.81.